The molecule has 4 rings (SSSR count). The van der Waals surface area contributed by atoms with Crippen LogP contribution in [0.1, 0.15) is 72.6 Å². The van der Waals surface area contributed by atoms with Crippen molar-refractivity contribution >= 4 is 29.5 Å². The highest BCUT2D eigenvalue weighted by Crippen LogP contribution is 2.52. The molecule has 326 valence electrons. The van der Waals surface area contributed by atoms with E-state index in [9.17, 15) is 34.5 Å². The number of aliphatic carboxylic acids is 1. The number of nitrogens with one attached hydrogen (secondary N) is 2. The lowest BCUT2D eigenvalue weighted by Gasteiger charge is -2.55. The third kappa shape index (κ3) is 10.5. The van der Waals surface area contributed by atoms with Crippen molar-refractivity contribution in [1.29, 1.82) is 0 Å². The first-order valence-corrected chi connectivity index (χ1v) is 19.1. The zero-order valence-corrected chi connectivity index (χ0v) is 33.4. The Morgan fingerprint density at radius 1 is 1.12 bits per heavy atom. The number of methoxy groups -OCH3 is 1. The molecule has 18 nitrogen and oxygen atoms in total. The van der Waals surface area contributed by atoms with Gasteiger partial charge >= 0.3 is 5.97 Å². The van der Waals surface area contributed by atoms with Crippen LogP contribution in [0.25, 0.3) is 0 Å². The van der Waals surface area contributed by atoms with Gasteiger partial charge in [0, 0.05) is 44.9 Å². The van der Waals surface area contributed by atoms with Crippen LogP contribution in [0, 0.1) is 11.3 Å². The molecule has 0 radical (unpaired) electrons. The lowest BCUT2D eigenvalue weighted by molar-refractivity contribution is -0.374. The van der Waals surface area contributed by atoms with Crippen LogP contribution in [-0.4, -0.2) is 132 Å². The van der Waals surface area contributed by atoms with Gasteiger partial charge in [0.1, 0.15) is 18.9 Å². The van der Waals surface area contributed by atoms with E-state index >= 15 is 8.78 Å². The van der Waals surface area contributed by atoms with E-state index in [0.717, 1.165) is 18.2 Å². The highest BCUT2D eigenvalue weighted by atomic mass is 19.3. The second-order valence-corrected chi connectivity index (χ2v) is 15.7. The molecule has 0 aromatic rings. The van der Waals surface area contributed by atoms with Gasteiger partial charge in [-0.05, 0) is 38.7 Å². The largest absolute Gasteiger partial charge is 0.480 e. The number of hydrogen-bond acceptors (Lipinski definition) is 13. The zero-order chi connectivity index (χ0) is 43.2. The van der Waals surface area contributed by atoms with Crippen LogP contribution in [0.4, 0.5) is 8.78 Å². The smallest absolute Gasteiger partial charge is 0.326 e. The number of carbonyl (C=O) groups excluding carboxylic acids is 3. The highest BCUT2D eigenvalue weighted by Gasteiger charge is 2.67. The summed E-state index contributed by atoms with van der Waals surface area (Å²) >= 11 is 0. The Labute approximate surface area is 335 Å². The topological polar surface area (TPSA) is 273 Å². The molecule has 0 aromatic carbocycles. The van der Waals surface area contributed by atoms with Crippen molar-refractivity contribution in [1.82, 2.24) is 10.6 Å². The highest BCUT2D eigenvalue weighted by molar-refractivity contribution is 5.96. The molecule has 11 atom stereocenters. The quantitative estimate of drug-likeness (QED) is 0.0284. The van der Waals surface area contributed by atoms with E-state index in [-0.39, 0.29) is 63.4 Å². The monoisotopic (exact) mass is 829 g/mol. The SMILES string of the molecule is C=C1C[C@](OC)([C@H](O)C(=O)N[C@H]2OCO[C@H]3[C@@H]2O[C@H](C[C@H]2CCC[C@@](O)(C(=O)/C=C/C=C/C(=O)N[C@@H](CCCN=C(N)N)C(=O)O)O2)C(C)(C)C3(F)F)O[C@H](C)[C@@H]1C. The third-order valence-corrected chi connectivity index (χ3v) is 11.4. The molecule has 4 fully saturated rings. The van der Waals surface area contributed by atoms with Crippen molar-refractivity contribution in [2.24, 2.45) is 27.8 Å². The van der Waals surface area contributed by atoms with Crippen molar-refractivity contribution in [2.45, 2.75) is 139 Å². The molecule has 0 bridgehead atoms. The molecule has 0 aliphatic carbocycles. The molecule has 2 amide bonds. The normalized spacial score (nSPS) is 34.4. The molecular weight excluding hydrogens is 772 g/mol. The number of ketones is 1. The number of carboxylic acids is 1. The van der Waals surface area contributed by atoms with Gasteiger partial charge in [0.2, 0.25) is 23.3 Å². The summed E-state index contributed by atoms with van der Waals surface area (Å²) in [5.41, 5.74) is 9.30. The average molecular weight is 830 g/mol. The summed E-state index contributed by atoms with van der Waals surface area (Å²) in [5.74, 6) is -11.8. The maximum atomic E-state index is 16.3. The molecule has 4 heterocycles. The van der Waals surface area contributed by atoms with Crippen molar-refractivity contribution < 1.29 is 71.7 Å². The third-order valence-electron chi connectivity index (χ3n) is 11.4. The van der Waals surface area contributed by atoms with E-state index in [1.165, 1.54) is 27.0 Å². The van der Waals surface area contributed by atoms with Crippen LogP contribution in [0.2, 0.25) is 0 Å². The van der Waals surface area contributed by atoms with Crippen LogP contribution in [-0.2, 0) is 47.6 Å². The number of aliphatic imine (C=N–C) groups is 1. The van der Waals surface area contributed by atoms with Crippen molar-refractivity contribution in [3.05, 3.63) is 36.5 Å². The lowest BCUT2D eigenvalue weighted by atomic mass is 9.71. The van der Waals surface area contributed by atoms with Gasteiger partial charge in [-0.3, -0.25) is 19.4 Å². The first-order chi connectivity index (χ1) is 27.1. The Morgan fingerprint density at radius 3 is 2.45 bits per heavy atom. The Morgan fingerprint density at radius 2 is 1.81 bits per heavy atom. The van der Waals surface area contributed by atoms with Crippen LogP contribution >= 0.6 is 0 Å². The lowest BCUT2D eigenvalue weighted by Crippen LogP contribution is -2.71. The Balaban J connectivity index is 1.40. The van der Waals surface area contributed by atoms with E-state index in [4.69, 9.17) is 39.9 Å². The van der Waals surface area contributed by atoms with Gasteiger partial charge in [0.05, 0.1) is 23.7 Å². The summed E-state index contributed by atoms with van der Waals surface area (Å²) in [6.07, 6.45) is -4.64. The maximum absolute atomic E-state index is 16.3. The molecule has 58 heavy (non-hydrogen) atoms. The molecule has 0 spiro atoms. The summed E-state index contributed by atoms with van der Waals surface area (Å²) in [4.78, 5) is 54.2. The second-order valence-electron chi connectivity index (χ2n) is 15.7. The van der Waals surface area contributed by atoms with Crippen molar-refractivity contribution in [3.63, 3.8) is 0 Å². The van der Waals surface area contributed by atoms with E-state index in [0.29, 0.717) is 5.57 Å². The van der Waals surface area contributed by atoms with E-state index in [1.807, 2.05) is 6.92 Å². The molecule has 9 N–H and O–H groups in total. The minimum absolute atomic E-state index is 0.00556. The number of amides is 2. The zero-order valence-electron chi connectivity index (χ0n) is 33.4. The van der Waals surface area contributed by atoms with Gasteiger partial charge in [0.25, 0.3) is 11.8 Å². The van der Waals surface area contributed by atoms with Gasteiger partial charge in [-0.25, -0.2) is 13.6 Å². The predicted octanol–water partition coefficient (Wildman–Crippen LogP) is 0.888. The first kappa shape index (κ1) is 46.8. The van der Waals surface area contributed by atoms with Crippen LogP contribution in [0.15, 0.2) is 41.4 Å². The van der Waals surface area contributed by atoms with Gasteiger partial charge in [-0.1, -0.05) is 45.1 Å². The van der Waals surface area contributed by atoms with Gasteiger partial charge < -0.3 is 65.8 Å². The number of carbonyl (C=O) groups is 4. The fourth-order valence-corrected chi connectivity index (χ4v) is 7.43. The minimum Gasteiger partial charge on any atom is -0.480 e. The Kier molecular flexibility index (Phi) is 15.3. The predicted molar refractivity (Wildman–Crippen MR) is 200 cm³/mol. The number of nitrogens with two attached hydrogens (primary N) is 2. The number of ether oxygens (including phenoxy) is 6. The fraction of sp³-hybridized carbons (Fsp3) is 0.711. The average Bonchev–Trinajstić information content (AvgIpc) is 3.15. The van der Waals surface area contributed by atoms with Gasteiger partial charge in [-0.15, -0.1) is 0 Å². The summed E-state index contributed by atoms with van der Waals surface area (Å²) in [6.45, 7) is 9.79. The number of rotatable bonds is 16. The summed E-state index contributed by atoms with van der Waals surface area (Å²) in [5, 5.41) is 36.6. The summed E-state index contributed by atoms with van der Waals surface area (Å²) in [7, 11) is 1.27. The van der Waals surface area contributed by atoms with Gasteiger partial charge in [-0.2, -0.15) is 0 Å². The Bertz CT molecular complexity index is 1620. The number of aliphatic hydroxyl groups excluding tert-OH is 1. The molecule has 0 aromatic heterocycles. The van der Waals surface area contributed by atoms with E-state index in [2.05, 4.69) is 22.2 Å². The number of nitrogens with zero attached hydrogens (tertiary/aromatic N) is 1. The number of hydrogen-bond donors (Lipinski definition) is 7. The maximum Gasteiger partial charge on any atom is 0.326 e. The number of carboxylic acid groups (broad SMARTS) is 1. The number of guanidine groups is 1. The molecule has 0 saturated carbocycles. The van der Waals surface area contributed by atoms with E-state index in [1.54, 1.807) is 6.92 Å². The summed E-state index contributed by atoms with van der Waals surface area (Å²) in [6, 6.07) is -1.22. The first-order valence-electron chi connectivity index (χ1n) is 19.1. The second kappa shape index (κ2) is 19.0. The summed E-state index contributed by atoms with van der Waals surface area (Å²) < 4.78 is 67.1. The van der Waals surface area contributed by atoms with Crippen molar-refractivity contribution in [2.75, 3.05) is 20.4 Å². The van der Waals surface area contributed by atoms with Crippen LogP contribution in [0.5, 0.6) is 0 Å². The molecule has 4 aliphatic rings. The van der Waals surface area contributed by atoms with Crippen LogP contribution in [0.3, 0.4) is 0 Å². The molecule has 0 unspecified atom stereocenters. The molecule has 4 saturated heterocycles. The molecule has 4 aliphatic heterocycles. The van der Waals surface area contributed by atoms with Crippen LogP contribution < -0.4 is 22.1 Å². The van der Waals surface area contributed by atoms with Crippen molar-refractivity contribution in [3.8, 4) is 0 Å². The minimum atomic E-state index is -3.56. The fourth-order valence-electron chi connectivity index (χ4n) is 7.43. The number of alkyl halides is 2. The van der Waals surface area contributed by atoms with Gasteiger partial charge in [0.15, 0.2) is 24.4 Å². The molecular formula is C38H57F2N5O13. The Hall–Kier alpha value is -3.89. The number of aliphatic hydroxyl groups is 2. The van der Waals surface area contributed by atoms with E-state index < -0.39 is 102 Å². The standard InChI is InChI=1S/C38H57F2N5O13/c1-20-18-37(53-6,57-22(3)21(20)2)29(48)31(49)45-32-28-30(54-19-55-32)38(39,40)35(4,5)26(56-28)17-23-11-9-15-36(52,58-23)25(46)13-7-8-14-27(47)44-24(33(50)51)12-10-16-43-34(41)42/h7-8,13-14,21-24,26,28-30,32,48,52H,1,9-12,15-19H2,2-6H3,(H,44,47)(H,45,49)(H,50,51)(H4,41,42,43)/b13-7+,14-8+/t21-,22-,23-,24+,26-,28+,29-,30+,32+,36+,37-/m1/s1. The number of halogens is 2. The molecule has 20 heteroatoms. The number of allylic oxidation sites excluding steroid dienone is 2. The number of fused-ring (bicyclic) bond motifs is 1.